The molecule has 2 aliphatic heterocycles. The van der Waals surface area contributed by atoms with E-state index in [-0.39, 0.29) is 12.1 Å². The average molecular weight is 283 g/mol. The average Bonchev–Trinajstić information content (AvgIpc) is 3.09. The van der Waals surface area contributed by atoms with Gasteiger partial charge in [-0.15, -0.1) is 0 Å². The fraction of sp³-hybridized carbons (Fsp3) is 1.00. The van der Waals surface area contributed by atoms with Crippen molar-refractivity contribution in [2.75, 3.05) is 39.3 Å². The molecule has 2 heterocycles. The molecule has 0 aromatic heterocycles. The highest BCUT2D eigenvalue weighted by Crippen LogP contribution is 2.24. The zero-order valence-electron chi connectivity index (χ0n) is 13.6. The Morgan fingerprint density at radius 3 is 2.60 bits per heavy atom. The highest BCUT2D eigenvalue weighted by molar-refractivity contribution is 4.92. The summed E-state index contributed by atoms with van der Waals surface area (Å²) in [4.78, 5) is 5.30. The second kappa shape index (κ2) is 7.21. The number of nitrogens with zero attached hydrogens (tertiary/aromatic N) is 2. The van der Waals surface area contributed by atoms with E-state index in [4.69, 9.17) is 0 Å². The molecule has 2 aliphatic rings. The Balaban J connectivity index is 1.82. The summed E-state index contributed by atoms with van der Waals surface area (Å²) in [6.07, 6.45) is 5.11. The summed E-state index contributed by atoms with van der Waals surface area (Å²) in [5.41, 5.74) is -0.139. The van der Waals surface area contributed by atoms with Gasteiger partial charge in [-0.25, -0.2) is 0 Å². The molecular formula is C16H33N3O. The highest BCUT2D eigenvalue weighted by atomic mass is 16.3. The molecule has 3 atom stereocenters. The predicted octanol–water partition coefficient (Wildman–Crippen LogP) is 1.30. The lowest BCUT2D eigenvalue weighted by Crippen LogP contribution is -2.50. The maximum absolute atomic E-state index is 9.64. The zero-order chi connectivity index (χ0) is 14.6. The minimum Gasteiger partial charge on any atom is -0.394 e. The van der Waals surface area contributed by atoms with E-state index in [0.717, 1.165) is 19.0 Å². The monoisotopic (exact) mass is 283 g/mol. The van der Waals surface area contributed by atoms with Crippen molar-refractivity contribution in [3.8, 4) is 0 Å². The maximum Gasteiger partial charge on any atom is 0.0611 e. The molecule has 0 saturated carbocycles. The van der Waals surface area contributed by atoms with Crippen LogP contribution in [0, 0.1) is 0 Å². The van der Waals surface area contributed by atoms with Gasteiger partial charge in [-0.3, -0.25) is 9.80 Å². The van der Waals surface area contributed by atoms with Crippen LogP contribution >= 0.6 is 0 Å². The molecule has 0 bridgehead atoms. The first-order chi connectivity index (χ1) is 9.58. The quantitative estimate of drug-likeness (QED) is 0.739. The number of likely N-dealkylation sites (tertiary alicyclic amines) is 2. The molecule has 4 heteroatoms. The number of hydrogen-bond donors (Lipinski definition) is 2. The van der Waals surface area contributed by atoms with E-state index >= 15 is 0 Å². The van der Waals surface area contributed by atoms with Gasteiger partial charge in [0, 0.05) is 30.7 Å². The van der Waals surface area contributed by atoms with Crippen molar-refractivity contribution in [3.63, 3.8) is 0 Å². The van der Waals surface area contributed by atoms with Crippen LogP contribution in [-0.4, -0.2) is 71.9 Å². The van der Waals surface area contributed by atoms with Crippen LogP contribution in [0.15, 0.2) is 0 Å². The normalized spacial score (nSPS) is 29.7. The van der Waals surface area contributed by atoms with Gasteiger partial charge in [-0.05, 0) is 59.2 Å². The smallest absolute Gasteiger partial charge is 0.0611 e. The first-order valence-electron chi connectivity index (χ1n) is 8.42. The second-order valence-corrected chi connectivity index (χ2v) is 6.98. The molecule has 20 heavy (non-hydrogen) atoms. The van der Waals surface area contributed by atoms with E-state index in [1.54, 1.807) is 0 Å². The van der Waals surface area contributed by atoms with E-state index in [1.165, 1.54) is 45.4 Å². The predicted molar refractivity (Wildman–Crippen MR) is 84.0 cm³/mol. The van der Waals surface area contributed by atoms with Crippen molar-refractivity contribution in [1.29, 1.82) is 0 Å². The second-order valence-electron chi connectivity index (χ2n) is 6.98. The SMILES string of the molecule is CCNC(C)(CO)CC(C)N1CCC(N2CCCC2)C1. The number of aliphatic hydroxyl groups is 1. The number of rotatable bonds is 7. The summed E-state index contributed by atoms with van der Waals surface area (Å²) in [5.74, 6) is 0. The Labute approximate surface area is 124 Å². The first-order valence-corrected chi connectivity index (χ1v) is 8.42. The number of hydrogen-bond acceptors (Lipinski definition) is 4. The van der Waals surface area contributed by atoms with Crippen molar-refractivity contribution >= 4 is 0 Å². The van der Waals surface area contributed by atoms with Crippen LogP contribution in [0.2, 0.25) is 0 Å². The first kappa shape index (κ1) is 16.2. The summed E-state index contributed by atoms with van der Waals surface area (Å²) >= 11 is 0. The Morgan fingerprint density at radius 2 is 2.00 bits per heavy atom. The Bertz CT molecular complexity index is 293. The number of nitrogens with one attached hydrogen (secondary N) is 1. The summed E-state index contributed by atoms with van der Waals surface area (Å²) in [6.45, 7) is 12.7. The van der Waals surface area contributed by atoms with E-state index in [1.807, 2.05) is 0 Å². The van der Waals surface area contributed by atoms with Crippen molar-refractivity contribution in [2.24, 2.45) is 0 Å². The molecule has 118 valence electrons. The molecule has 2 N–H and O–H groups in total. The standard InChI is InChI=1S/C16H33N3O/c1-4-17-16(3,13-20)11-14(2)19-10-7-15(12-19)18-8-5-6-9-18/h14-15,17,20H,4-13H2,1-3H3. The zero-order valence-corrected chi connectivity index (χ0v) is 13.6. The van der Waals surface area contributed by atoms with Gasteiger partial charge in [-0.1, -0.05) is 6.92 Å². The van der Waals surface area contributed by atoms with Gasteiger partial charge in [0.1, 0.15) is 0 Å². The van der Waals surface area contributed by atoms with Gasteiger partial charge in [0.2, 0.25) is 0 Å². The van der Waals surface area contributed by atoms with Crippen LogP contribution in [0.3, 0.4) is 0 Å². The van der Waals surface area contributed by atoms with E-state index in [9.17, 15) is 5.11 Å². The van der Waals surface area contributed by atoms with Gasteiger partial charge in [-0.2, -0.15) is 0 Å². The molecule has 2 rings (SSSR count). The van der Waals surface area contributed by atoms with Crippen LogP contribution in [0.25, 0.3) is 0 Å². The van der Waals surface area contributed by atoms with Gasteiger partial charge in [0.15, 0.2) is 0 Å². The molecule has 0 aliphatic carbocycles. The van der Waals surface area contributed by atoms with Crippen LogP contribution in [0.4, 0.5) is 0 Å². The fourth-order valence-electron chi connectivity index (χ4n) is 3.97. The third-order valence-corrected chi connectivity index (χ3v) is 5.17. The molecular weight excluding hydrogens is 250 g/mol. The van der Waals surface area contributed by atoms with Gasteiger partial charge < -0.3 is 10.4 Å². The molecule has 3 unspecified atom stereocenters. The Hall–Kier alpha value is -0.160. The summed E-state index contributed by atoms with van der Waals surface area (Å²) in [7, 11) is 0. The van der Waals surface area contributed by atoms with Crippen LogP contribution in [0.5, 0.6) is 0 Å². The molecule has 0 aromatic rings. The molecule has 2 saturated heterocycles. The minimum atomic E-state index is -0.139. The third-order valence-electron chi connectivity index (χ3n) is 5.17. The van der Waals surface area contributed by atoms with Crippen molar-refractivity contribution in [3.05, 3.63) is 0 Å². The lowest BCUT2D eigenvalue weighted by Gasteiger charge is -2.35. The molecule has 0 aromatic carbocycles. The third kappa shape index (κ3) is 3.94. The summed E-state index contributed by atoms with van der Waals surface area (Å²) < 4.78 is 0. The molecule has 0 radical (unpaired) electrons. The Morgan fingerprint density at radius 1 is 1.30 bits per heavy atom. The lowest BCUT2D eigenvalue weighted by molar-refractivity contribution is 0.122. The number of likely N-dealkylation sites (N-methyl/N-ethyl adjacent to an activating group) is 1. The maximum atomic E-state index is 9.64. The van der Waals surface area contributed by atoms with E-state index in [2.05, 4.69) is 35.9 Å². The van der Waals surface area contributed by atoms with Crippen LogP contribution in [0.1, 0.15) is 46.5 Å². The topological polar surface area (TPSA) is 38.7 Å². The van der Waals surface area contributed by atoms with Gasteiger partial charge in [0.05, 0.1) is 6.61 Å². The summed E-state index contributed by atoms with van der Waals surface area (Å²) in [6, 6.07) is 1.32. The van der Waals surface area contributed by atoms with Crippen molar-refractivity contribution in [2.45, 2.75) is 64.1 Å². The Kier molecular flexibility index (Phi) is 5.84. The van der Waals surface area contributed by atoms with E-state index < -0.39 is 0 Å². The lowest BCUT2D eigenvalue weighted by atomic mass is 9.94. The molecule has 4 nitrogen and oxygen atoms in total. The molecule has 2 fully saturated rings. The minimum absolute atomic E-state index is 0.139. The number of aliphatic hydroxyl groups excluding tert-OH is 1. The molecule has 0 amide bonds. The van der Waals surface area contributed by atoms with E-state index in [0.29, 0.717) is 6.04 Å². The highest BCUT2D eigenvalue weighted by Gasteiger charge is 2.34. The summed E-state index contributed by atoms with van der Waals surface area (Å²) in [5, 5.41) is 13.1. The van der Waals surface area contributed by atoms with Crippen molar-refractivity contribution < 1.29 is 5.11 Å². The van der Waals surface area contributed by atoms with Gasteiger partial charge >= 0.3 is 0 Å². The largest absolute Gasteiger partial charge is 0.394 e. The van der Waals surface area contributed by atoms with Crippen LogP contribution in [-0.2, 0) is 0 Å². The van der Waals surface area contributed by atoms with Crippen molar-refractivity contribution in [1.82, 2.24) is 15.1 Å². The molecule has 0 spiro atoms. The van der Waals surface area contributed by atoms with Crippen LogP contribution < -0.4 is 5.32 Å². The van der Waals surface area contributed by atoms with Gasteiger partial charge in [0.25, 0.3) is 0 Å². The fourth-order valence-corrected chi connectivity index (χ4v) is 3.97.